The fraction of sp³-hybridized carbons (Fsp3) is 0.143. The molecule has 0 aromatic heterocycles. The smallest absolute Gasteiger partial charge is 0.147 e. The lowest BCUT2D eigenvalue weighted by Crippen LogP contribution is -2.02. The van der Waals surface area contributed by atoms with Crippen LogP contribution < -0.4 is 5.32 Å². The minimum Gasteiger partial charge on any atom is -0.377 e. The summed E-state index contributed by atoms with van der Waals surface area (Å²) in [6.07, 6.45) is 0. The van der Waals surface area contributed by atoms with Crippen LogP contribution in [0.2, 0.25) is 5.02 Å². The van der Waals surface area contributed by atoms with Gasteiger partial charge in [0.2, 0.25) is 0 Å². The van der Waals surface area contributed by atoms with Crippen molar-refractivity contribution in [3.8, 4) is 0 Å². The molecule has 1 N–H and O–H groups in total. The normalized spacial score (nSPS) is 10.4. The van der Waals surface area contributed by atoms with E-state index in [4.69, 9.17) is 11.6 Å². The highest BCUT2D eigenvalue weighted by Crippen LogP contribution is 2.25. The standard InChI is InChI=1S/C14H12BrClFN/c1-9-7-10(5-6-11(9)15)8-18-14-12(16)3-2-4-13(14)17/h2-7,18H,8H2,1H3. The number of halogens is 3. The zero-order chi connectivity index (χ0) is 13.1. The Morgan fingerprint density at radius 3 is 2.72 bits per heavy atom. The van der Waals surface area contributed by atoms with Crippen LogP contribution in [-0.4, -0.2) is 0 Å². The van der Waals surface area contributed by atoms with E-state index in [1.165, 1.54) is 6.07 Å². The first-order valence-corrected chi connectivity index (χ1v) is 6.68. The van der Waals surface area contributed by atoms with Crippen LogP contribution in [0.5, 0.6) is 0 Å². The number of hydrogen-bond acceptors (Lipinski definition) is 1. The van der Waals surface area contributed by atoms with Crippen LogP contribution in [-0.2, 0) is 6.54 Å². The predicted octanol–water partition coefficient (Wildman–Crippen LogP) is 5.16. The third-order valence-corrected chi connectivity index (χ3v) is 3.86. The second kappa shape index (κ2) is 5.72. The second-order valence-electron chi connectivity index (χ2n) is 4.03. The molecule has 0 aliphatic rings. The summed E-state index contributed by atoms with van der Waals surface area (Å²) in [7, 11) is 0. The molecule has 2 aromatic rings. The SMILES string of the molecule is Cc1cc(CNc2c(F)cccc2Cl)ccc1Br. The van der Waals surface area contributed by atoms with Gasteiger partial charge in [0.1, 0.15) is 5.82 Å². The Labute approximate surface area is 119 Å². The zero-order valence-corrected chi connectivity index (χ0v) is 12.1. The Kier molecular flexibility index (Phi) is 4.25. The van der Waals surface area contributed by atoms with Crippen molar-refractivity contribution in [1.29, 1.82) is 0 Å². The van der Waals surface area contributed by atoms with Crippen LogP contribution in [0.15, 0.2) is 40.9 Å². The highest BCUT2D eigenvalue weighted by Gasteiger charge is 2.06. The third-order valence-electron chi connectivity index (χ3n) is 2.65. The molecule has 0 amide bonds. The second-order valence-corrected chi connectivity index (χ2v) is 5.30. The monoisotopic (exact) mass is 327 g/mol. The van der Waals surface area contributed by atoms with Gasteiger partial charge in [-0.1, -0.05) is 45.7 Å². The molecule has 0 saturated carbocycles. The molecule has 2 aromatic carbocycles. The van der Waals surface area contributed by atoms with E-state index < -0.39 is 0 Å². The average Bonchev–Trinajstić information content (AvgIpc) is 2.33. The van der Waals surface area contributed by atoms with Gasteiger partial charge in [-0.3, -0.25) is 0 Å². The summed E-state index contributed by atoms with van der Waals surface area (Å²) in [5.41, 5.74) is 2.57. The quantitative estimate of drug-likeness (QED) is 0.820. The van der Waals surface area contributed by atoms with Crippen molar-refractivity contribution in [2.75, 3.05) is 5.32 Å². The molecule has 0 bridgehead atoms. The van der Waals surface area contributed by atoms with Gasteiger partial charge in [-0.15, -0.1) is 0 Å². The van der Waals surface area contributed by atoms with E-state index in [1.807, 2.05) is 25.1 Å². The number of benzene rings is 2. The fourth-order valence-electron chi connectivity index (χ4n) is 1.67. The van der Waals surface area contributed by atoms with Crippen LogP contribution in [0.1, 0.15) is 11.1 Å². The Morgan fingerprint density at radius 2 is 2.06 bits per heavy atom. The number of aryl methyl sites for hydroxylation is 1. The molecular formula is C14H12BrClFN. The Bertz CT molecular complexity index is 551. The summed E-state index contributed by atoms with van der Waals surface area (Å²) in [5.74, 6) is -0.337. The van der Waals surface area contributed by atoms with E-state index in [0.29, 0.717) is 17.3 Å². The van der Waals surface area contributed by atoms with Crippen molar-refractivity contribution in [3.63, 3.8) is 0 Å². The van der Waals surface area contributed by atoms with Crippen molar-refractivity contribution >= 4 is 33.2 Å². The van der Waals surface area contributed by atoms with Gasteiger partial charge in [-0.2, -0.15) is 0 Å². The Hall–Kier alpha value is -1.06. The third kappa shape index (κ3) is 3.03. The molecule has 0 aliphatic carbocycles. The van der Waals surface area contributed by atoms with Gasteiger partial charge in [0, 0.05) is 11.0 Å². The summed E-state index contributed by atoms with van der Waals surface area (Å²) in [4.78, 5) is 0. The van der Waals surface area contributed by atoms with E-state index in [-0.39, 0.29) is 5.82 Å². The molecule has 0 unspecified atom stereocenters. The maximum Gasteiger partial charge on any atom is 0.147 e. The van der Waals surface area contributed by atoms with Gasteiger partial charge >= 0.3 is 0 Å². The Morgan fingerprint density at radius 1 is 1.28 bits per heavy atom. The van der Waals surface area contributed by atoms with Gasteiger partial charge in [0.05, 0.1) is 10.7 Å². The van der Waals surface area contributed by atoms with Crippen molar-refractivity contribution in [3.05, 3.63) is 62.8 Å². The summed E-state index contributed by atoms with van der Waals surface area (Å²) in [5, 5.41) is 3.41. The summed E-state index contributed by atoms with van der Waals surface area (Å²) in [6, 6.07) is 10.7. The van der Waals surface area contributed by atoms with E-state index in [1.54, 1.807) is 12.1 Å². The van der Waals surface area contributed by atoms with Crippen LogP contribution in [0, 0.1) is 12.7 Å². The minimum absolute atomic E-state index is 0.337. The van der Waals surface area contributed by atoms with Crippen molar-refractivity contribution in [1.82, 2.24) is 0 Å². The minimum atomic E-state index is -0.337. The van der Waals surface area contributed by atoms with Gasteiger partial charge in [0.25, 0.3) is 0 Å². The van der Waals surface area contributed by atoms with E-state index in [9.17, 15) is 4.39 Å². The van der Waals surface area contributed by atoms with Crippen molar-refractivity contribution in [2.45, 2.75) is 13.5 Å². The predicted molar refractivity (Wildman–Crippen MR) is 77.6 cm³/mol. The largest absolute Gasteiger partial charge is 0.377 e. The summed E-state index contributed by atoms with van der Waals surface area (Å²) >= 11 is 9.39. The molecule has 0 spiro atoms. The Balaban J connectivity index is 2.14. The molecule has 0 radical (unpaired) electrons. The van der Waals surface area contributed by atoms with Crippen molar-refractivity contribution in [2.24, 2.45) is 0 Å². The highest BCUT2D eigenvalue weighted by molar-refractivity contribution is 9.10. The van der Waals surface area contributed by atoms with Gasteiger partial charge in [-0.25, -0.2) is 4.39 Å². The number of anilines is 1. The van der Waals surface area contributed by atoms with E-state index in [0.717, 1.165) is 15.6 Å². The maximum absolute atomic E-state index is 13.5. The molecule has 0 saturated heterocycles. The molecule has 4 heteroatoms. The molecule has 2 rings (SSSR count). The number of rotatable bonds is 3. The lowest BCUT2D eigenvalue weighted by atomic mass is 10.1. The van der Waals surface area contributed by atoms with Gasteiger partial charge in [-0.05, 0) is 36.2 Å². The van der Waals surface area contributed by atoms with Gasteiger partial charge in [0.15, 0.2) is 0 Å². The first kappa shape index (κ1) is 13.4. The lowest BCUT2D eigenvalue weighted by Gasteiger charge is -2.10. The molecule has 1 nitrogen and oxygen atoms in total. The fourth-order valence-corrected chi connectivity index (χ4v) is 2.15. The number of hydrogen-bond donors (Lipinski definition) is 1. The number of nitrogens with one attached hydrogen (secondary N) is 1. The van der Waals surface area contributed by atoms with Crippen LogP contribution >= 0.6 is 27.5 Å². The molecular weight excluding hydrogens is 317 g/mol. The topological polar surface area (TPSA) is 12.0 Å². The number of para-hydroxylation sites is 1. The summed E-state index contributed by atoms with van der Waals surface area (Å²) in [6.45, 7) is 2.55. The lowest BCUT2D eigenvalue weighted by molar-refractivity contribution is 0.630. The van der Waals surface area contributed by atoms with Gasteiger partial charge < -0.3 is 5.32 Å². The van der Waals surface area contributed by atoms with E-state index in [2.05, 4.69) is 21.2 Å². The molecule has 94 valence electrons. The molecule has 0 aliphatic heterocycles. The van der Waals surface area contributed by atoms with Crippen LogP contribution in [0.4, 0.5) is 10.1 Å². The molecule has 0 heterocycles. The van der Waals surface area contributed by atoms with Crippen molar-refractivity contribution < 1.29 is 4.39 Å². The maximum atomic E-state index is 13.5. The molecule has 18 heavy (non-hydrogen) atoms. The first-order chi connectivity index (χ1) is 8.58. The molecule has 0 fully saturated rings. The molecule has 0 atom stereocenters. The van der Waals surface area contributed by atoms with Crippen LogP contribution in [0.3, 0.4) is 0 Å². The highest BCUT2D eigenvalue weighted by atomic mass is 79.9. The summed E-state index contributed by atoms with van der Waals surface area (Å²) < 4.78 is 14.6. The van der Waals surface area contributed by atoms with Crippen LogP contribution in [0.25, 0.3) is 0 Å². The van der Waals surface area contributed by atoms with E-state index >= 15 is 0 Å². The zero-order valence-electron chi connectivity index (χ0n) is 9.81. The average molecular weight is 329 g/mol. The first-order valence-electron chi connectivity index (χ1n) is 5.51.